The third-order valence-electron chi connectivity index (χ3n) is 4.87. The first-order chi connectivity index (χ1) is 10.1. The van der Waals surface area contributed by atoms with Gasteiger partial charge in [-0.1, -0.05) is 19.3 Å². The highest BCUT2D eigenvalue weighted by atomic mass is 16.4. The lowest BCUT2D eigenvalue weighted by molar-refractivity contribution is -0.144. The zero-order chi connectivity index (χ0) is 14.8. The highest BCUT2D eigenvalue weighted by Crippen LogP contribution is 2.31. The number of aryl methyl sites for hydroxylation is 1. The van der Waals surface area contributed by atoms with Crippen molar-refractivity contribution in [1.82, 2.24) is 14.7 Å². The van der Waals surface area contributed by atoms with Crippen LogP contribution >= 0.6 is 0 Å². The molecule has 5 heteroatoms. The van der Waals surface area contributed by atoms with E-state index < -0.39 is 5.97 Å². The monoisotopic (exact) mass is 291 g/mol. The van der Waals surface area contributed by atoms with Crippen molar-refractivity contribution in [3.05, 3.63) is 17.5 Å². The number of carbonyl (C=O) groups is 1. The minimum Gasteiger partial charge on any atom is -0.480 e. The molecule has 3 rings (SSSR count). The number of rotatable bonds is 4. The van der Waals surface area contributed by atoms with Crippen LogP contribution < -0.4 is 0 Å². The number of carboxylic acid groups (broad SMARTS) is 1. The van der Waals surface area contributed by atoms with Gasteiger partial charge in [0.2, 0.25) is 0 Å². The third-order valence-corrected chi connectivity index (χ3v) is 4.87. The number of aliphatic carboxylic acids is 1. The zero-order valence-corrected chi connectivity index (χ0v) is 12.8. The second-order valence-corrected chi connectivity index (χ2v) is 6.48. The Bertz CT molecular complexity index is 506. The average molecular weight is 291 g/mol. The number of aromatic nitrogens is 2. The van der Waals surface area contributed by atoms with E-state index in [0.717, 1.165) is 31.5 Å². The first-order valence-corrected chi connectivity index (χ1v) is 8.17. The van der Waals surface area contributed by atoms with Gasteiger partial charge in [-0.05, 0) is 45.2 Å². The van der Waals surface area contributed by atoms with Gasteiger partial charge in [-0.2, -0.15) is 5.10 Å². The molecule has 1 aliphatic heterocycles. The van der Waals surface area contributed by atoms with Crippen molar-refractivity contribution in [3.63, 3.8) is 0 Å². The van der Waals surface area contributed by atoms with E-state index in [4.69, 9.17) is 0 Å². The van der Waals surface area contributed by atoms with Gasteiger partial charge in [0.1, 0.15) is 6.04 Å². The molecule has 2 aliphatic rings. The highest BCUT2D eigenvalue weighted by Gasteiger charge is 2.30. The molecular weight excluding hydrogens is 266 g/mol. The topological polar surface area (TPSA) is 58.4 Å². The number of likely N-dealkylation sites (tertiary alicyclic amines) is 1. The Balaban J connectivity index is 1.78. The molecule has 2 fully saturated rings. The van der Waals surface area contributed by atoms with Crippen molar-refractivity contribution in [2.24, 2.45) is 0 Å². The first-order valence-electron chi connectivity index (χ1n) is 8.17. The average Bonchev–Trinajstić information content (AvgIpc) is 3.08. The number of hydrogen-bond donors (Lipinski definition) is 1. The van der Waals surface area contributed by atoms with Crippen LogP contribution in [0, 0.1) is 6.92 Å². The lowest BCUT2D eigenvalue weighted by Gasteiger charge is -2.33. The van der Waals surface area contributed by atoms with Crippen molar-refractivity contribution in [1.29, 1.82) is 0 Å². The van der Waals surface area contributed by atoms with Crippen LogP contribution in [0.4, 0.5) is 0 Å². The lowest BCUT2D eigenvalue weighted by Crippen LogP contribution is -2.44. The molecule has 1 N–H and O–H groups in total. The Morgan fingerprint density at radius 2 is 2.00 bits per heavy atom. The summed E-state index contributed by atoms with van der Waals surface area (Å²) >= 11 is 0. The molecule has 0 radical (unpaired) electrons. The fraction of sp³-hybridized carbons (Fsp3) is 0.750. The van der Waals surface area contributed by atoms with E-state index in [-0.39, 0.29) is 6.04 Å². The van der Waals surface area contributed by atoms with Gasteiger partial charge in [0.05, 0.1) is 17.4 Å². The molecule has 2 heterocycles. The first kappa shape index (κ1) is 14.6. The molecule has 0 bridgehead atoms. The van der Waals surface area contributed by atoms with Gasteiger partial charge in [0, 0.05) is 6.54 Å². The largest absolute Gasteiger partial charge is 0.480 e. The van der Waals surface area contributed by atoms with Gasteiger partial charge in [-0.3, -0.25) is 14.4 Å². The van der Waals surface area contributed by atoms with Crippen LogP contribution in [0.2, 0.25) is 0 Å². The molecule has 21 heavy (non-hydrogen) atoms. The van der Waals surface area contributed by atoms with Crippen molar-refractivity contribution < 1.29 is 9.90 Å². The number of nitrogens with zero attached hydrogens (tertiary/aromatic N) is 3. The summed E-state index contributed by atoms with van der Waals surface area (Å²) in [6, 6.07) is 2.32. The second-order valence-electron chi connectivity index (χ2n) is 6.48. The molecule has 1 aromatic heterocycles. The summed E-state index contributed by atoms with van der Waals surface area (Å²) in [5.74, 6) is -0.682. The van der Waals surface area contributed by atoms with Crippen molar-refractivity contribution in [3.8, 4) is 0 Å². The summed E-state index contributed by atoms with van der Waals surface area (Å²) in [7, 11) is 0. The molecule has 5 nitrogen and oxygen atoms in total. The van der Waals surface area contributed by atoms with Gasteiger partial charge in [0.25, 0.3) is 0 Å². The van der Waals surface area contributed by atoms with Gasteiger partial charge >= 0.3 is 5.97 Å². The molecule has 1 saturated carbocycles. The predicted octanol–water partition coefficient (Wildman–Crippen LogP) is 2.75. The summed E-state index contributed by atoms with van der Waals surface area (Å²) in [6.07, 6.45) is 7.86. The van der Waals surface area contributed by atoms with E-state index >= 15 is 0 Å². The Morgan fingerprint density at radius 1 is 1.29 bits per heavy atom. The van der Waals surface area contributed by atoms with E-state index in [2.05, 4.69) is 20.7 Å². The fourth-order valence-electron chi connectivity index (χ4n) is 3.82. The van der Waals surface area contributed by atoms with Crippen molar-refractivity contribution >= 4 is 5.97 Å². The summed E-state index contributed by atoms with van der Waals surface area (Å²) in [5, 5.41) is 14.1. The van der Waals surface area contributed by atoms with Gasteiger partial charge in [-0.15, -0.1) is 0 Å². The lowest BCUT2D eigenvalue weighted by atomic mass is 10.0. The molecule has 1 aromatic rings. The quantitative estimate of drug-likeness (QED) is 0.926. The number of carboxylic acids is 1. The maximum Gasteiger partial charge on any atom is 0.320 e. The Hall–Kier alpha value is -1.36. The molecule has 0 unspecified atom stereocenters. The van der Waals surface area contributed by atoms with E-state index in [0.29, 0.717) is 12.6 Å². The molecule has 0 aromatic carbocycles. The Kier molecular flexibility index (Phi) is 4.29. The Morgan fingerprint density at radius 3 is 2.71 bits per heavy atom. The maximum atomic E-state index is 11.4. The van der Waals surface area contributed by atoms with E-state index in [1.54, 1.807) is 0 Å². The van der Waals surface area contributed by atoms with Crippen LogP contribution in [0.5, 0.6) is 0 Å². The molecular formula is C16H25N3O2. The summed E-state index contributed by atoms with van der Waals surface area (Å²) < 4.78 is 2.18. The van der Waals surface area contributed by atoms with E-state index in [9.17, 15) is 9.90 Å². The molecule has 1 atom stereocenters. The molecule has 1 aliphatic carbocycles. The molecule has 0 amide bonds. The van der Waals surface area contributed by atoms with Crippen LogP contribution in [0.3, 0.4) is 0 Å². The maximum absolute atomic E-state index is 11.4. The molecule has 1 saturated heterocycles. The SMILES string of the molecule is Cc1cc(CN2CCCC[C@@H]2C(=O)O)n(C2CCCC2)n1. The summed E-state index contributed by atoms with van der Waals surface area (Å²) in [5.41, 5.74) is 2.23. The minimum absolute atomic E-state index is 0.328. The molecule has 116 valence electrons. The standard InChI is InChI=1S/C16H25N3O2/c1-12-10-14(19(17-12)13-6-2-3-7-13)11-18-9-5-4-8-15(18)16(20)21/h10,13,15H,2-9,11H2,1H3,(H,20,21)/t15-/m1/s1. The van der Waals surface area contributed by atoms with Gasteiger partial charge in [0.15, 0.2) is 0 Å². The van der Waals surface area contributed by atoms with Crippen molar-refractivity contribution in [2.75, 3.05) is 6.54 Å². The van der Waals surface area contributed by atoms with Crippen LogP contribution in [-0.4, -0.2) is 38.3 Å². The van der Waals surface area contributed by atoms with E-state index in [1.807, 2.05) is 6.92 Å². The normalized spacial score (nSPS) is 24.5. The van der Waals surface area contributed by atoms with Crippen LogP contribution in [-0.2, 0) is 11.3 Å². The Labute approximate surface area is 125 Å². The van der Waals surface area contributed by atoms with Gasteiger partial charge in [-0.25, -0.2) is 0 Å². The van der Waals surface area contributed by atoms with Gasteiger partial charge < -0.3 is 5.11 Å². The third kappa shape index (κ3) is 3.12. The number of hydrogen-bond acceptors (Lipinski definition) is 3. The fourth-order valence-corrected chi connectivity index (χ4v) is 3.82. The summed E-state index contributed by atoms with van der Waals surface area (Å²) in [4.78, 5) is 13.6. The van der Waals surface area contributed by atoms with E-state index in [1.165, 1.54) is 31.4 Å². The van der Waals surface area contributed by atoms with Crippen LogP contribution in [0.15, 0.2) is 6.07 Å². The minimum atomic E-state index is -0.682. The predicted molar refractivity (Wildman–Crippen MR) is 80.2 cm³/mol. The number of piperidine rings is 1. The van der Waals surface area contributed by atoms with Crippen LogP contribution in [0.25, 0.3) is 0 Å². The second kappa shape index (κ2) is 6.18. The summed E-state index contributed by atoms with van der Waals surface area (Å²) in [6.45, 7) is 3.63. The van der Waals surface area contributed by atoms with Crippen molar-refractivity contribution in [2.45, 2.75) is 70.5 Å². The molecule has 0 spiro atoms. The smallest absolute Gasteiger partial charge is 0.320 e. The van der Waals surface area contributed by atoms with Crippen LogP contribution in [0.1, 0.15) is 62.4 Å². The highest BCUT2D eigenvalue weighted by molar-refractivity contribution is 5.73. The zero-order valence-electron chi connectivity index (χ0n) is 12.8.